The summed E-state index contributed by atoms with van der Waals surface area (Å²) in [6.07, 6.45) is 1.56. The molecule has 134 valence electrons. The fraction of sp³-hybridized carbons (Fsp3) is 0.200. The van der Waals surface area contributed by atoms with Gasteiger partial charge in [-0.05, 0) is 67.9 Å². The van der Waals surface area contributed by atoms with Crippen LogP contribution in [0.5, 0.6) is 11.5 Å². The van der Waals surface area contributed by atoms with E-state index in [1.807, 2.05) is 44.2 Å². The van der Waals surface area contributed by atoms with E-state index in [0.717, 1.165) is 22.4 Å². The van der Waals surface area contributed by atoms with Gasteiger partial charge in [-0.2, -0.15) is 5.10 Å². The maximum absolute atomic E-state index is 12.2. The van der Waals surface area contributed by atoms with Crippen LogP contribution in [-0.2, 0) is 0 Å². The highest BCUT2D eigenvalue weighted by Crippen LogP contribution is 2.24. The van der Waals surface area contributed by atoms with Gasteiger partial charge in [-0.15, -0.1) is 0 Å². The van der Waals surface area contributed by atoms with Crippen molar-refractivity contribution in [3.63, 3.8) is 0 Å². The van der Waals surface area contributed by atoms with Gasteiger partial charge in [0.15, 0.2) is 5.76 Å². The number of ether oxygens (including phenoxy) is 2. The Morgan fingerprint density at radius 3 is 2.46 bits per heavy atom. The molecule has 26 heavy (non-hydrogen) atoms. The Morgan fingerprint density at radius 1 is 1.04 bits per heavy atom. The molecule has 0 saturated heterocycles. The van der Waals surface area contributed by atoms with E-state index >= 15 is 0 Å². The van der Waals surface area contributed by atoms with Crippen LogP contribution in [0.15, 0.2) is 58.0 Å². The maximum Gasteiger partial charge on any atom is 0.307 e. The summed E-state index contributed by atoms with van der Waals surface area (Å²) < 4.78 is 16.4. The van der Waals surface area contributed by atoms with Crippen molar-refractivity contribution in [3.8, 4) is 11.5 Å². The third-order valence-corrected chi connectivity index (χ3v) is 3.59. The standard InChI is InChI=1S/C20H20N2O4/c1-3-24-16-7-5-14(6-8-16)13-21-22-20(23)19-12-15-11-17(25-4-2)9-10-18(15)26-19/h5-13H,3-4H2,1-2H3,(H,22,23)/b21-13+. The summed E-state index contributed by atoms with van der Waals surface area (Å²) in [5.41, 5.74) is 3.93. The van der Waals surface area contributed by atoms with E-state index < -0.39 is 5.91 Å². The van der Waals surface area contributed by atoms with Crippen molar-refractivity contribution in [1.82, 2.24) is 5.43 Å². The fourth-order valence-corrected chi connectivity index (χ4v) is 2.43. The number of carbonyl (C=O) groups excluding carboxylic acids is 1. The van der Waals surface area contributed by atoms with Crippen molar-refractivity contribution < 1.29 is 18.7 Å². The molecule has 6 heteroatoms. The molecule has 3 rings (SSSR count). The van der Waals surface area contributed by atoms with Crippen molar-refractivity contribution in [2.75, 3.05) is 13.2 Å². The van der Waals surface area contributed by atoms with E-state index in [0.29, 0.717) is 18.8 Å². The maximum atomic E-state index is 12.2. The lowest BCUT2D eigenvalue weighted by Crippen LogP contribution is -2.16. The topological polar surface area (TPSA) is 73.1 Å². The van der Waals surface area contributed by atoms with E-state index in [-0.39, 0.29) is 5.76 Å². The van der Waals surface area contributed by atoms with Gasteiger partial charge >= 0.3 is 5.91 Å². The summed E-state index contributed by atoms with van der Waals surface area (Å²) in [7, 11) is 0. The van der Waals surface area contributed by atoms with E-state index in [2.05, 4.69) is 10.5 Å². The van der Waals surface area contributed by atoms with Crippen molar-refractivity contribution in [2.45, 2.75) is 13.8 Å². The Hall–Kier alpha value is -3.28. The number of benzene rings is 2. The minimum absolute atomic E-state index is 0.192. The summed E-state index contributed by atoms with van der Waals surface area (Å²) in [6, 6.07) is 14.5. The quantitative estimate of drug-likeness (QED) is 0.515. The Bertz CT molecular complexity index is 913. The second-order valence-electron chi connectivity index (χ2n) is 5.44. The van der Waals surface area contributed by atoms with Gasteiger partial charge in [0, 0.05) is 5.39 Å². The molecule has 0 aliphatic heterocycles. The molecule has 1 heterocycles. The van der Waals surface area contributed by atoms with Crippen LogP contribution in [0.2, 0.25) is 0 Å². The molecule has 0 saturated carbocycles. The molecule has 3 aromatic rings. The zero-order chi connectivity index (χ0) is 18.4. The van der Waals surface area contributed by atoms with Gasteiger partial charge in [0.05, 0.1) is 19.4 Å². The molecule has 2 aromatic carbocycles. The highest BCUT2D eigenvalue weighted by Gasteiger charge is 2.12. The van der Waals surface area contributed by atoms with Crippen LogP contribution in [-0.4, -0.2) is 25.3 Å². The Morgan fingerprint density at radius 2 is 1.73 bits per heavy atom. The first-order valence-corrected chi connectivity index (χ1v) is 8.42. The highest BCUT2D eigenvalue weighted by molar-refractivity contribution is 5.96. The Kier molecular flexibility index (Phi) is 5.53. The number of hydrogen-bond acceptors (Lipinski definition) is 5. The molecule has 1 amide bonds. The molecule has 0 aliphatic rings. The summed E-state index contributed by atoms with van der Waals surface area (Å²) in [4.78, 5) is 12.2. The van der Waals surface area contributed by atoms with Gasteiger partial charge in [-0.1, -0.05) is 0 Å². The number of amides is 1. The van der Waals surface area contributed by atoms with Gasteiger partial charge in [0.25, 0.3) is 0 Å². The molecule has 0 unspecified atom stereocenters. The number of hydrazone groups is 1. The SMILES string of the molecule is CCOc1ccc(/C=N/NC(=O)c2cc3cc(OCC)ccc3o2)cc1. The van der Waals surface area contributed by atoms with Crippen LogP contribution >= 0.6 is 0 Å². The Labute approximate surface area is 151 Å². The molecule has 1 N–H and O–H groups in total. The average Bonchev–Trinajstić information content (AvgIpc) is 3.07. The molecule has 1 aromatic heterocycles. The first-order chi connectivity index (χ1) is 12.7. The number of fused-ring (bicyclic) bond motifs is 1. The zero-order valence-corrected chi connectivity index (χ0v) is 14.7. The van der Waals surface area contributed by atoms with Crippen molar-refractivity contribution in [2.24, 2.45) is 5.10 Å². The molecule has 0 spiro atoms. The van der Waals surface area contributed by atoms with Gasteiger partial charge in [0.1, 0.15) is 17.1 Å². The average molecular weight is 352 g/mol. The van der Waals surface area contributed by atoms with Gasteiger partial charge in [0.2, 0.25) is 0 Å². The van der Waals surface area contributed by atoms with Gasteiger partial charge in [-0.3, -0.25) is 4.79 Å². The molecule has 0 aliphatic carbocycles. The van der Waals surface area contributed by atoms with E-state index in [1.54, 1.807) is 24.4 Å². The molecule has 6 nitrogen and oxygen atoms in total. The summed E-state index contributed by atoms with van der Waals surface area (Å²) >= 11 is 0. The van der Waals surface area contributed by atoms with Crippen LogP contribution in [0.1, 0.15) is 30.0 Å². The number of nitrogens with zero attached hydrogens (tertiary/aromatic N) is 1. The normalized spacial score (nSPS) is 11.0. The fourth-order valence-electron chi connectivity index (χ4n) is 2.43. The lowest BCUT2D eigenvalue weighted by molar-refractivity contribution is 0.0929. The first kappa shape index (κ1) is 17.5. The zero-order valence-electron chi connectivity index (χ0n) is 14.7. The second kappa shape index (κ2) is 8.20. The number of furan rings is 1. The number of carbonyl (C=O) groups is 1. The van der Waals surface area contributed by atoms with E-state index in [1.165, 1.54) is 0 Å². The molecular formula is C20H20N2O4. The monoisotopic (exact) mass is 352 g/mol. The van der Waals surface area contributed by atoms with Crippen LogP contribution in [0, 0.1) is 0 Å². The number of nitrogens with one attached hydrogen (secondary N) is 1. The van der Waals surface area contributed by atoms with Crippen molar-refractivity contribution in [3.05, 3.63) is 59.9 Å². The van der Waals surface area contributed by atoms with E-state index in [4.69, 9.17) is 13.9 Å². The summed E-state index contributed by atoms with van der Waals surface area (Å²) in [5, 5.41) is 4.76. The van der Waals surface area contributed by atoms with Crippen molar-refractivity contribution in [1.29, 1.82) is 0 Å². The third-order valence-electron chi connectivity index (χ3n) is 3.59. The lowest BCUT2D eigenvalue weighted by Gasteiger charge is -2.02. The number of rotatable bonds is 7. The highest BCUT2D eigenvalue weighted by atomic mass is 16.5. The van der Waals surface area contributed by atoms with Gasteiger partial charge in [-0.25, -0.2) is 5.43 Å². The van der Waals surface area contributed by atoms with Crippen molar-refractivity contribution >= 4 is 23.1 Å². The smallest absolute Gasteiger partial charge is 0.307 e. The third kappa shape index (κ3) is 4.22. The molecule has 0 fully saturated rings. The van der Waals surface area contributed by atoms with Crippen LogP contribution < -0.4 is 14.9 Å². The van der Waals surface area contributed by atoms with Crippen LogP contribution in [0.25, 0.3) is 11.0 Å². The first-order valence-electron chi connectivity index (χ1n) is 8.42. The largest absolute Gasteiger partial charge is 0.494 e. The summed E-state index contributed by atoms with van der Waals surface area (Å²) in [5.74, 6) is 1.31. The second-order valence-corrected chi connectivity index (χ2v) is 5.44. The van der Waals surface area contributed by atoms with Crippen LogP contribution in [0.4, 0.5) is 0 Å². The van der Waals surface area contributed by atoms with Gasteiger partial charge < -0.3 is 13.9 Å². The number of hydrogen-bond donors (Lipinski definition) is 1. The molecular weight excluding hydrogens is 332 g/mol. The van der Waals surface area contributed by atoms with Crippen LogP contribution in [0.3, 0.4) is 0 Å². The minimum Gasteiger partial charge on any atom is -0.494 e. The minimum atomic E-state index is -0.415. The predicted octanol–water partition coefficient (Wildman–Crippen LogP) is 3.99. The Balaban J connectivity index is 1.64. The lowest BCUT2D eigenvalue weighted by atomic mass is 10.2. The predicted molar refractivity (Wildman–Crippen MR) is 100 cm³/mol. The molecule has 0 radical (unpaired) electrons. The molecule has 0 bridgehead atoms. The van der Waals surface area contributed by atoms with E-state index in [9.17, 15) is 4.79 Å². The summed E-state index contributed by atoms with van der Waals surface area (Å²) in [6.45, 7) is 5.05. The molecule has 0 atom stereocenters.